The van der Waals surface area contributed by atoms with Gasteiger partial charge in [-0.2, -0.15) is 10.2 Å². The maximum atomic E-state index is 13.3. The summed E-state index contributed by atoms with van der Waals surface area (Å²) in [5.74, 6) is 0.00873. The van der Waals surface area contributed by atoms with Crippen LogP contribution in [-0.4, -0.2) is 22.4 Å². The molecule has 4 rings (SSSR count). The number of nitriles is 1. The number of amides is 1. The molecule has 0 aliphatic carbocycles. The third-order valence-corrected chi connectivity index (χ3v) is 5.24. The van der Waals surface area contributed by atoms with E-state index in [9.17, 15) is 14.9 Å². The molecule has 2 aromatic heterocycles. The number of fused-ring (bicyclic) bond motifs is 1. The molecule has 0 atom stereocenters. The molecule has 168 valence electrons. The van der Waals surface area contributed by atoms with Crippen molar-refractivity contribution in [2.45, 2.75) is 0 Å². The molecule has 34 heavy (non-hydrogen) atoms. The Morgan fingerprint density at radius 1 is 1.12 bits per heavy atom. The Bertz CT molecular complexity index is 1520. The highest BCUT2D eigenvalue weighted by Crippen LogP contribution is 2.31. The van der Waals surface area contributed by atoms with E-state index in [4.69, 9.17) is 9.47 Å². The van der Waals surface area contributed by atoms with Gasteiger partial charge in [-0.1, -0.05) is 40.2 Å². The van der Waals surface area contributed by atoms with Crippen molar-refractivity contribution in [2.24, 2.45) is 0 Å². The zero-order chi connectivity index (χ0) is 24.1. The highest BCUT2D eigenvalue weighted by atomic mass is 79.9. The van der Waals surface area contributed by atoms with Gasteiger partial charge in [0, 0.05) is 16.4 Å². The van der Waals surface area contributed by atoms with Crippen molar-refractivity contribution in [1.29, 1.82) is 5.26 Å². The Kier molecular flexibility index (Phi) is 6.71. The Hall–Kier alpha value is -4.42. The van der Waals surface area contributed by atoms with Gasteiger partial charge >= 0.3 is 0 Å². The zero-order valence-corrected chi connectivity index (χ0v) is 19.4. The average Bonchev–Trinajstić information content (AvgIpc) is 2.84. The summed E-state index contributed by atoms with van der Waals surface area (Å²) in [7, 11) is 1.49. The average molecular weight is 517 g/mol. The molecule has 1 N–H and O–H groups in total. The van der Waals surface area contributed by atoms with Crippen LogP contribution in [0.25, 0.3) is 11.7 Å². The Morgan fingerprint density at radius 3 is 2.62 bits per heavy atom. The van der Waals surface area contributed by atoms with Gasteiger partial charge < -0.3 is 14.8 Å². The van der Waals surface area contributed by atoms with Crippen LogP contribution >= 0.6 is 15.9 Å². The molecule has 1 amide bonds. The second-order valence-corrected chi connectivity index (χ2v) is 7.87. The van der Waals surface area contributed by atoms with E-state index in [-0.39, 0.29) is 17.0 Å². The van der Waals surface area contributed by atoms with Crippen LogP contribution in [-0.2, 0) is 4.79 Å². The predicted molar refractivity (Wildman–Crippen MR) is 131 cm³/mol. The molecule has 9 heteroatoms. The molecule has 0 saturated heterocycles. The summed E-state index contributed by atoms with van der Waals surface area (Å²) >= 11 is 3.34. The fourth-order valence-corrected chi connectivity index (χ4v) is 3.55. The highest BCUT2D eigenvalue weighted by molar-refractivity contribution is 9.10. The van der Waals surface area contributed by atoms with Crippen molar-refractivity contribution in [2.75, 3.05) is 12.4 Å². The van der Waals surface area contributed by atoms with Gasteiger partial charge in [0.1, 0.15) is 22.9 Å². The molecule has 0 radical (unpaired) electrons. The first-order valence-corrected chi connectivity index (χ1v) is 10.8. The maximum Gasteiger partial charge on any atom is 0.269 e. The van der Waals surface area contributed by atoms with Crippen LogP contribution < -0.4 is 20.3 Å². The SMILES string of the molecule is COc1ccccc1Oc1nc2ccccn2c(=O)c1/C=C(/C#N)C(=O)Nc1cccc(Br)c1. The molecule has 0 bridgehead atoms. The third-order valence-electron chi connectivity index (χ3n) is 4.75. The summed E-state index contributed by atoms with van der Waals surface area (Å²) < 4.78 is 13.3. The number of benzene rings is 2. The van der Waals surface area contributed by atoms with E-state index in [1.54, 1.807) is 72.9 Å². The van der Waals surface area contributed by atoms with E-state index in [1.807, 2.05) is 6.07 Å². The zero-order valence-electron chi connectivity index (χ0n) is 17.9. The fraction of sp³-hybridized carbons (Fsp3) is 0.0400. The standard InChI is InChI=1S/C25H17BrN4O4/c1-33-20-9-2-3-10-21(20)34-24-19(25(32)30-12-5-4-11-22(30)29-24)13-16(15-27)23(31)28-18-8-6-7-17(26)14-18/h2-14H,1H3,(H,28,31)/b16-13-. The molecule has 0 spiro atoms. The normalized spacial score (nSPS) is 11.0. The highest BCUT2D eigenvalue weighted by Gasteiger charge is 2.18. The lowest BCUT2D eigenvalue weighted by Crippen LogP contribution is -2.20. The van der Waals surface area contributed by atoms with Crippen molar-refractivity contribution in [3.8, 4) is 23.4 Å². The molecule has 0 unspecified atom stereocenters. The van der Waals surface area contributed by atoms with E-state index in [0.29, 0.717) is 22.8 Å². The fourth-order valence-electron chi connectivity index (χ4n) is 3.15. The van der Waals surface area contributed by atoms with E-state index in [1.165, 1.54) is 17.6 Å². The second-order valence-electron chi connectivity index (χ2n) is 6.95. The second kappa shape index (κ2) is 10.0. The number of carbonyl (C=O) groups is 1. The van der Waals surface area contributed by atoms with Crippen LogP contribution in [0.1, 0.15) is 5.56 Å². The van der Waals surface area contributed by atoms with Crippen LogP contribution in [0.2, 0.25) is 0 Å². The van der Waals surface area contributed by atoms with E-state index in [2.05, 4.69) is 26.2 Å². The topological polar surface area (TPSA) is 106 Å². The van der Waals surface area contributed by atoms with Crippen LogP contribution in [0.5, 0.6) is 17.4 Å². The number of para-hydroxylation sites is 2. The third kappa shape index (κ3) is 4.82. The van der Waals surface area contributed by atoms with Gasteiger partial charge in [0.25, 0.3) is 11.5 Å². The summed E-state index contributed by atoms with van der Waals surface area (Å²) in [5, 5.41) is 12.3. The summed E-state index contributed by atoms with van der Waals surface area (Å²) in [4.78, 5) is 30.5. The lowest BCUT2D eigenvalue weighted by atomic mass is 10.1. The minimum atomic E-state index is -0.679. The number of nitrogens with one attached hydrogen (secondary N) is 1. The van der Waals surface area contributed by atoms with E-state index >= 15 is 0 Å². The Morgan fingerprint density at radius 2 is 1.88 bits per heavy atom. The molecule has 2 aromatic carbocycles. The van der Waals surface area contributed by atoms with Gasteiger partial charge in [0.05, 0.1) is 7.11 Å². The van der Waals surface area contributed by atoms with Crippen molar-refractivity contribution in [3.05, 3.63) is 98.9 Å². The van der Waals surface area contributed by atoms with Gasteiger partial charge in [-0.05, 0) is 48.5 Å². The van der Waals surface area contributed by atoms with Gasteiger partial charge in [-0.15, -0.1) is 0 Å². The molecular weight excluding hydrogens is 500 g/mol. The first-order valence-electron chi connectivity index (χ1n) is 10.0. The number of aromatic nitrogens is 2. The lowest BCUT2D eigenvalue weighted by molar-refractivity contribution is -0.112. The maximum absolute atomic E-state index is 13.3. The molecule has 2 heterocycles. The molecule has 8 nitrogen and oxygen atoms in total. The monoisotopic (exact) mass is 516 g/mol. The molecule has 4 aromatic rings. The van der Waals surface area contributed by atoms with Crippen LogP contribution in [0.3, 0.4) is 0 Å². The first kappa shape index (κ1) is 22.8. The molecule has 0 aliphatic rings. The number of pyridine rings is 1. The van der Waals surface area contributed by atoms with Gasteiger partial charge in [0.2, 0.25) is 5.88 Å². The van der Waals surface area contributed by atoms with Gasteiger partial charge in [0.15, 0.2) is 11.5 Å². The predicted octanol–water partition coefficient (Wildman–Crippen LogP) is 4.80. The number of hydrogen-bond donors (Lipinski definition) is 1. The summed E-state index contributed by atoms with van der Waals surface area (Å²) in [5.41, 5.74) is -0.0280. The number of nitrogens with zero attached hydrogens (tertiary/aromatic N) is 3. The summed E-state index contributed by atoms with van der Waals surface area (Å²) in [6.45, 7) is 0. The quantitative estimate of drug-likeness (QED) is 0.291. The molecule has 0 saturated carbocycles. The first-order chi connectivity index (χ1) is 16.5. The molecular formula is C25H17BrN4O4. The number of halogens is 1. The van der Waals surface area contributed by atoms with E-state index in [0.717, 1.165) is 4.47 Å². The van der Waals surface area contributed by atoms with Crippen LogP contribution in [0, 0.1) is 11.3 Å². The van der Waals surface area contributed by atoms with Crippen molar-refractivity contribution < 1.29 is 14.3 Å². The number of hydrogen-bond acceptors (Lipinski definition) is 6. The lowest BCUT2D eigenvalue weighted by Gasteiger charge is -2.12. The molecule has 0 aliphatic heterocycles. The van der Waals surface area contributed by atoms with Crippen molar-refractivity contribution >= 4 is 39.2 Å². The smallest absolute Gasteiger partial charge is 0.269 e. The van der Waals surface area contributed by atoms with Crippen LogP contribution in [0.15, 0.2) is 87.8 Å². The Labute approximate surface area is 202 Å². The number of ether oxygens (including phenoxy) is 2. The van der Waals surface area contributed by atoms with Crippen molar-refractivity contribution in [3.63, 3.8) is 0 Å². The van der Waals surface area contributed by atoms with Gasteiger partial charge in [-0.25, -0.2) is 0 Å². The number of methoxy groups -OCH3 is 1. The summed E-state index contributed by atoms with van der Waals surface area (Å²) in [6.07, 6.45) is 2.72. The number of rotatable bonds is 6. The van der Waals surface area contributed by atoms with Crippen LogP contribution in [0.4, 0.5) is 5.69 Å². The Balaban J connectivity index is 1.82. The number of carbonyl (C=O) groups excluding carboxylic acids is 1. The minimum absolute atomic E-state index is 0.0597. The largest absolute Gasteiger partial charge is 0.493 e. The van der Waals surface area contributed by atoms with Gasteiger partial charge in [-0.3, -0.25) is 14.0 Å². The number of anilines is 1. The summed E-state index contributed by atoms with van der Waals surface area (Å²) in [6, 6.07) is 20.7. The van der Waals surface area contributed by atoms with E-state index < -0.39 is 11.5 Å². The molecule has 0 fully saturated rings. The minimum Gasteiger partial charge on any atom is -0.493 e. The van der Waals surface area contributed by atoms with Crippen molar-refractivity contribution in [1.82, 2.24) is 9.38 Å².